The van der Waals surface area contributed by atoms with Crippen LogP contribution in [0.25, 0.3) is 0 Å². The van der Waals surface area contributed by atoms with Crippen molar-refractivity contribution in [1.82, 2.24) is 4.90 Å². The normalized spacial score (nSPS) is 10.4. The van der Waals surface area contributed by atoms with Crippen LogP contribution in [-0.2, 0) is 4.79 Å². The number of hydrogen-bond acceptors (Lipinski definition) is 4. The zero-order chi connectivity index (χ0) is 16.7. The fourth-order valence-corrected chi connectivity index (χ4v) is 1.93. The predicted octanol–water partition coefficient (Wildman–Crippen LogP) is 2.42. The molecule has 0 aliphatic rings. The van der Waals surface area contributed by atoms with E-state index in [2.05, 4.69) is 0 Å². The lowest BCUT2D eigenvalue weighted by molar-refractivity contribution is -0.137. The quantitative estimate of drug-likeness (QED) is 0.798. The Morgan fingerprint density at radius 3 is 2.55 bits per heavy atom. The highest BCUT2D eigenvalue weighted by Crippen LogP contribution is 2.27. The van der Waals surface area contributed by atoms with E-state index in [4.69, 9.17) is 14.6 Å². The Balaban J connectivity index is 2.88. The largest absolute Gasteiger partial charge is 0.497 e. The molecule has 1 rings (SSSR count). The second-order valence-electron chi connectivity index (χ2n) is 5.25. The Bertz CT molecular complexity index is 527. The minimum atomic E-state index is -0.867. The van der Waals surface area contributed by atoms with E-state index in [-0.39, 0.29) is 18.4 Å². The zero-order valence-corrected chi connectivity index (χ0v) is 13.5. The van der Waals surface area contributed by atoms with Crippen molar-refractivity contribution in [1.29, 1.82) is 0 Å². The molecule has 0 saturated carbocycles. The fourth-order valence-electron chi connectivity index (χ4n) is 1.93. The van der Waals surface area contributed by atoms with Crippen molar-refractivity contribution in [3.05, 3.63) is 23.8 Å². The van der Waals surface area contributed by atoms with Crippen molar-refractivity contribution in [3.8, 4) is 11.5 Å². The van der Waals surface area contributed by atoms with E-state index in [1.54, 1.807) is 32.4 Å². The van der Waals surface area contributed by atoms with Gasteiger partial charge in [-0.25, -0.2) is 0 Å². The maximum atomic E-state index is 12.5. The van der Waals surface area contributed by atoms with Gasteiger partial charge in [-0.2, -0.15) is 0 Å². The van der Waals surface area contributed by atoms with E-state index >= 15 is 0 Å². The molecule has 0 radical (unpaired) electrons. The third-order valence-corrected chi connectivity index (χ3v) is 3.01. The molecule has 0 aliphatic heterocycles. The number of carboxylic acid groups (broad SMARTS) is 1. The number of hydrogen-bond donors (Lipinski definition) is 1. The molecule has 1 aromatic rings. The van der Waals surface area contributed by atoms with Gasteiger partial charge in [0.25, 0.3) is 5.91 Å². The second-order valence-corrected chi connectivity index (χ2v) is 5.25. The summed E-state index contributed by atoms with van der Waals surface area (Å²) in [6.45, 7) is 4.13. The summed E-state index contributed by atoms with van der Waals surface area (Å²) in [4.78, 5) is 24.5. The zero-order valence-electron chi connectivity index (χ0n) is 13.5. The lowest BCUT2D eigenvalue weighted by atomic mass is 10.1. The number of carbonyl (C=O) groups excluding carboxylic acids is 1. The molecule has 0 aromatic heterocycles. The van der Waals surface area contributed by atoms with Crippen LogP contribution in [0.4, 0.5) is 0 Å². The van der Waals surface area contributed by atoms with E-state index in [1.807, 2.05) is 13.8 Å². The first-order valence-corrected chi connectivity index (χ1v) is 7.17. The van der Waals surface area contributed by atoms with Gasteiger partial charge in [0, 0.05) is 26.1 Å². The fraction of sp³-hybridized carbons (Fsp3) is 0.500. The summed E-state index contributed by atoms with van der Waals surface area (Å²) in [7, 11) is 3.20. The molecule has 0 spiro atoms. The summed E-state index contributed by atoms with van der Waals surface area (Å²) >= 11 is 0. The Hall–Kier alpha value is -2.24. The number of nitrogens with zero attached hydrogens (tertiary/aromatic N) is 1. The molecule has 0 atom stereocenters. The Labute approximate surface area is 130 Å². The van der Waals surface area contributed by atoms with Crippen LogP contribution in [0.3, 0.4) is 0 Å². The minimum Gasteiger partial charge on any atom is -0.497 e. The van der Waals surface area contributed by atoms with Crippen LogP contribution >= 0.6 is 0 Å². The van der Waals surface area contributed by atoms with Gasteiger partial charge in [-0.15, -0.1) is 0 Å². The van der Waals surface area contributed by atoms with E-state index < -0.39 is 5.97 Å². The predicted molar refractivity (Wildman–Crippen MR) is 82.6 cm³/mol. The number of ether oxygens (including phenoxy) is 2. The van der Waals surface area contributed by atoms with Gasteiger partial charge in [0.2, 0.25) is 0 Å². The minimum absolute atomic E-state index is 0.0373. The van der Waals surface area contributed by atoms with Crippen molar-refractivity contribution in [2.24, 2.45) is 0 Å². The molecule has 0 heterocycles. The number of aliphatic carboxylic acids is 1. The van der Waals surface area contributed by atoms with E-state index in [0.29, 0.717) is 30.0 Å². The summed E-state index contributed by atoms with van der Waals surface area (Å²) < 4.78 is 10.8. The van der Waals surface area contributed by atoms with Crippen LogP contribution in [0.15, 0.2) is 18.2 Å². The van der Waals surface area contributed by atoms with Crippen LogP contribution in [0, 0.1) is 0 Å². The molecule has 1 aromatic carbocycles. The molecule has 22 heavy (non-hydrogen) atoms. The molecule has 1 amide bonds. The number of amides is 1. The summed E-state index contributed by atoms with van der Waals surface area (Å²) in [5, 5.41) is 8.65. The van der Waals surface area contributed by atoms with Crippen molar-refractivity contribution < 1.29 is 24.2 Å². The maximum absolute atomic E-state index is 12.5. The number of rotatable bonds is 8. The standard InChI is InChI=1S/C16H23NO5/c1-11(2)22-14-10-12(21-4)7-8-13(14)16(20)17(3)9-5-6-15(18)19/h7-8,10-11H,5-6,9H2,1-4H3,(H,18,19). The summed E-state index contributed by atoms with van der Waals surface area (Å²) in [6, 6.07) is 5.04. The average molecular weight is 309 g/mol. The molecule has 122 valence electrons. The van der Waals surface area contributed by atoms with Crippen molar-refractivity contribution in [3.63, 3.8) is 0 Å². The topological polar surface area (TPSA) is 76.1 Å². The molecule has 6 nitrogen and oxygen atoms in total. The Morgan fingerprint density at radius 1 is 1.32 bits per heavy atom. The van der Waals surface area contributed by atoms with Crippen LogP contribution in [-0.4, -0.2) is 48.7 Å². The average Bonchev–Trinajstić information content (AvgIpc) is 2.45. The molecule has 0 saturated heterocycles. The first-order chi connectivity index (χ1) is 10.3. The van der Waals surface area contributed by atoms with Crippen LogP contribution < -0.4 is 9.47 Å². The van der Waals surface area contributed by atoms with Gasteiger partial charge in [0.1, 0.15) is 11.5 Å². The smallest absolute Gasteiger partial charge is 0.303 e. The summed E-state index contributed by atoms with van der Waals surface area (Å²) in [5.41, 5.74) is 0.437. The SMILES string of the molecule is COc1ccc(C(=O)N(C)CCCC(=O)O)c(OC(C)C)c1. The summed E-state index contributed by atoms with van der Waals surface area (Å²) in [6.07, 6.45) is 0.375. The number of carbonyl (C=O) groups is 2. The molecule has 0 fully saturated rings. The van der Waals surface area contributed by atoms with Gasteiger partial charge < -0.3 is 19.5 Å². The second kappa shape index (κ2) is 8.26. The van der Waals surface area contributed by atoms with Crippen LogP contribution in [0.2, 0.25) is 0 Å². The van der Waals surface area contributed by atoms with Crippen molar-refractivity contribution >= 4 is 11.9 Å². The van der Waals surface area contributed by atoms with Crippen molar-refractivity contribution in [2.45, 2.75) is 32.8 Å². The number of benzene rings is 1. The van der Waals surface area contributed by atoms with E-state index in [0.717, 1.165) is 0 Å². The van der Waals surface area contributed by atoms with Gasteiger partial charge in [-0.3, -0.25) is 9.59 Å². The third kappa shape index (κ3) is 5.27. The van der Waals surface area contributed by atoms with Gasteiger partial charge >= 0.3 is 5.97 Å². The van der Waals surface area contributed by atoms with E-state index in [1.165, 1.54) is 4.90 Å². The van der Waals surface area contributed by atoms with Crippen LogP contribution in [0.1, 0.15) is 37.0 Å². The molecular formula is C16H23NO5. The highest BCUT2D eigenvalue weighted by molar-refractivity contribution is 5.97. The molecule has 0 unspecified atom stereocenters. The number of methoxy groups -OCH3 is 1. The summed E-state index contributed by atoms with van der Waals surface area (Å²) in [5.74, 6) is 0.00276. The monoisotopic (exact) mass is 309 g/mol. The Kier molecular flexibility index (Phi) is 6.69. The molecule has 0 bridgehead atoms. The maximum Gasteiger partial charge on any atom is 0.303 e. The first kappa shape index (κ1) is 17.8. The first-order valence-electron chi connectivity index (χ1n) is 7.17. The Morgan fingerprint density at radius 2 is 2.00 bits per heavy atom. The molecule has 6 heteroatoms. The third-order valence-electron chi connectivity index (χ3n) is 3.01. The van der Waals surface area contributed by atoms with E-state index in [9.17, 15) is 9.59 Å². The lowest BCUT2D eigenvalue weighted by Crippen LogP contribution is -2.28. The number of carboxylic acids is 1. The van der Waals surface area contributed by atoms with Gasteiger partial charge in [0.15, 0.2) is 0 Å². The highest BCUT2D eigenvalue weighted by Gasteiger charge is 2.18. The lowest BCUT2D eigenvalue weighted by Gasteiger charge is -2.20. The van der Waals surface area contributed by atoms with Crippen LogP contribution in [0.5, 0.6) is 11.5 Å². The molecule has 1 N–H and O–H groups in total. The van der Waals surface area contributed by atoms with Gasteiger partial charge in [-0.1, -0.05) is 0 Å². The highest BCUT2D eigenvalue weighted by atomic mass is 16.5. The van der Waals surface area contributed by atoms with Gasteiger partial charge in [0.05, 0.1) is 18.8 Å². The van der Waals surface area contributed by atoms with Gasteiger partial charge in [-0.05, 0) is 32.4 Å². The molecular weight excluding hydrogens is 286 g/mol. The molecule has 0 aliphatic carbocycles. The van der Waals surface area contributed by atoms with Crippen molar-refractivity contribution in [2.75, 3.05) is 20.7 Å².